The minimum Gasteiger partial charge on any atom is -0.341 e. The number of aromatic amines is 1. The van der Waals surface area contributed by atoms with E-state index in [1.807, 2.05) is 30.3 Å². The van der Waals surface area contributed by atoms with Crippen molar-refractivity contribution in [2.24, 2.45) is 5.73 Å². The molecule has 1 aromatic heterocycles. The lowest BCUT2D eigenvalue weighted by Crippen LogP contribution is -2.32. The van der Waals surface area contributed by atoms with Gasteiger partial charge < -0.3 is 15.6 Å². The Hall–Kier alpha value is -2.14. The van der Waals surface area contributed by atoms with Gasteiger partial charge in [0.1, 0.15) is 5.69 Å². The van der Waals surface area contributed by atoms with Crippen molar-refractivity contribution in [2.45, 2.75) is 13.0 Å². The summed E-state index contributed by atoms with van der Waals surface area (Å²) < 4.78 is 0. The number of amides is 1. The maximum absolute atomic E-state index is 12.3. The van der Waals surface area contributed by atoms with Crippen LogP contribution in [0.3, 0.4) is 0 Å². The number of hydrogen-bond acceptors (Lipinski definition) is 3. The molecule has 0 unspecified atom stereocenters. The molecule has 1 heterocycles. The van der Waals surface area contributed by atoms with Gasteiger partial charge in [-0.2, -0.15) is 0 Å². The Labute approximate surface area is 112 Å². The molecule has 0 saturated carbocycles. The van der Waals surface area contributed by atoms with Gasteiger partial charge in [0.15, 0.2) is 0 Å². The molecule has 2 rings (SSSR count). The highest BCUT2D eigenvalue weighted by Crippen LogP contribution is 2.08. The van der Waals surface area contributed by atoms with Gasteiger partial charge in [-0.25, -0.2) is 4.98 Å². The van der Waals surface area contributed by atoms with Crippen LogP contribution >= 0.6 is 0 Å². The summed E-state index contributed by atoms with van der Waals surface area (Å²) in [5, 5.41) is 0. The SMILES string of the molecule is NCCCN(Cc1ccccc1)C(=O)c1cnc[nH]1. The molecule has 0 aliphatic heterocycles. The summed E-state index contributed by atoms with van der Waals surface area (Å²) in [5.74, 6) is -0.0465. The van der Waals surface area contributed by atoms with Crippen LogP contribution in [0.1, 0.15) is 22.5 Å². The first-order chi connectivity index (χ1) is 9.31. The van der Waals surface area contributed by atoms with Crippen LogP contribution in [-0.2, 0) is 6.54 Å². The van der Waals surface area contributed by atoms with Crippen LogP contribution in [0.2, 0.25) is 0 Å². The number of H-pyrrole nitrogens is 1. The number of carbonyl (C=O) groups is 1. The lowest BCUT2D eigenvalue weighted by atomic mass is 10.2. The van der Waals surface area contributed by atoms with Crippen molar-refractivity contribution in [3.05, 3.63) is 54.1 Å². The Morgan fingerprint density at radius 3 is 2.74 bits per heavy atom. The van der Waals surface area contributed by atoms with E-state index in [-0.39, 0.29) is 5.91 Å². The second kappa shape index (κ2) is 6.70. The fourth-order valence-electron chi connectivity index (χ4n) is 1.88. The Bertz CT molecular complexity index is 495. The molecule has 1 amide bonds. The Morgan fingerprint density at radius 1 is 1.32 bits per heavy atom. The van der Waals surface area contributed by atoms with Gasteiger partial charge in [0.2, 0.25) is 0 Å². The summed E-state index contributed by atoms with van der Waals surface area (Å²) in [4.78, 5) is 20.8. The predicted octanol–water partition coefficient (Wildman–Crippen LogP) is 1.40. The lowest BCUT2D eigenvalue weighted by Gasteiger charge is -2.22. The second-order valence-corrected chi connectivity index (χ2v) is 4.32. The first-order valence-electron chi connectivity index (χ1n) is 6.33. The van der Waals surface area contributed by atoms with E-state index in [4.69, 9.17) is 5.73 Å². The molecular weight excluding hydrogens is 240 g/mol. The van der Waals surface area contributed by atoms with E-state index < -0.39 is 0 Å². The molecule has 5 nitrogen and oxygen atoms in total. The summed E-state index contributed by atoms with van der Waals surface area (Å²) in [7, 11) is 0. The number of hydrogen-bond donors (Lipinski definition) is 2. The molecule has 2 aromatic rings. The average Bonchev–Trinajstić information content (AvgIpc) is 2.98. The molecule has 0 radical (unpaired) electrons. The molecule has 0 fully saturated rings. The van der Waals surface area contributed by atoms with Crippen LogP contribution in [0, 0.1) is 0 Å². The average molecular weight is 258 g/mol. The first-order valence-corrected chi connectivity index (χ1v) is 6.33. The van der Waals surface area contributed by atoms with Crippen molar-refractivity contribution >= 4 is 5.91 Å². The zero-order valence-corrected chi connectivity index (χ0v) is 10.7. The van der Waals surface area contributed by atoms with E-state index in [0.717, 1.165) is 12.0 Å². The van der Waals surface area contributed by atoms with Crippen LogP contribution in [0.25, 0.3) is 0 Å². The molecule has 19 heavy (non-hydrogen) atoms. The molecule has 3 N–H and O–H groups in total. The predicted molar refractivity (Wildman–Crippen MR) is 73.4 cm³/mol. The van der Waals surface area contributed by atoms with Gasteiger partial charge in [0.25, 0.3) is 5.91 Å². The Balaban J connectivity index is 2.09. The van der Waals surface area contributed by atoms with E-state index in [2.05, 4.69) is 9.97 Å². The molecule has 0 aliphatic carbocycles. The second-order valence-electron chi connectivity index (χ2n) is 4.32. The number of carbonyl (C=O) groups excluding carboxylic acids is 1. The van der Waals surface area contributed by atoms with E-state index >= 15 is 0 Å². The Kier molecular flexibility index (Phi) is 4.69. The number of aromatic nitrogens is 2. The van der Waals surface area contributed by atoms with E-state index in [1.165, 1.54) is 6.33 Å². The minimum absolute atomic E-state index is 0.0465. The van der Waals surface area contributed by atoms with Crippen LogP contribution in [0.5, 0.6) is 0 Å². The number of imidazole rings is 1. The number of nitrogens with two attached hydrogens (primary N) is 1. The fourth-order valence-corrected chi connectivity index (χ4v) is 1.88. The highest BCUT2D eigenvalue weighted by atomic mass is 16.2. The normalized spacial score (nSPS) is 10.4. The van der Waals surface area contributed by atoms with Crippen molar-refractivity contribution in [1.82, 2.24) is 14.9 Å². The monoisotopic (exact) mass is 258 g/mol. The molecule has 0 atom stereocenters. The number of nitrogens with zero attached hydrogens (tertiary/aromatic N) is 2. The molecule has 0 spiro atoms. The van der Waals surface area contributed by atoms with Crippen LogP contribution in [0.15, 0.2) is 42.9 Å². The van der Waals surface area contributed by atoms with Gasteiger partial charge >= 0.3 is 0 Å². The topological polar surface area (TPSA) is 75.0 Å². The fraction of sp³-hybridized carbons (Fsp3) is 0.286. The summed E-state index contributed by atoms with van der Waals surface area (Å²) >= 11 is 0. The zero-order valence-electron chi connectivity index (χ0n) is 10.7. The quantitative estimate of drug-likeness (QED) is 0.822. The molecule has 0 aliphatic rings. The number of nitrogens with one attached hydrogen (secondary N) is 1. The van der Waals surface area contributed by atoms with Crippen LogP contribution < -0.4 is 5.73 Å². The van der Waals surface area contributed by atoms with Crippen molar-refractivity contribution in [2.75, 3.05) is 13.1 Å². The molecule has 1 aromatic carbocycles. The van der Waals surface area contributed by atoms with Crippen molar-refractivity contribution in [1.29, 1.82) is 0 Å². The van der Waals surface area contributed by atoms with Crippen molar-refractivity contribution in [3.63, 3.8) is 0 Å². The lowest BCUT2D eigenvalue weighted by molar-refractivity contribution is 0.0737. The maximum Gasteiger partial charge on any atom is 0.272 e. The number of rotatable bonds is 6. The van der Waals surface area contributed by atoms with E-state index in [9.17, 15) is 4.79 Å². The molecule has 0 bridgehead atoms. The van der Waals surface area contributed by atoms with Crippen molar-refractivity contribution < 1.29 is 4.79 Å². The third kappa shape index (κ3) is 3.66. The first kappa shape index (κ1) is 13.3. The third-order valence-electron chi connectivity index (χ3n) is 2.86. The van der Waals surface area contributed by atoms with Gasteiger partial charge in [0, 0.05) is 13.1 Å². The summed E-state index contributed by atoms with van der Waals surface area (Å²) in [6.07, 6.45) is 3.84. The van der Waals surface area contributed by atoms with Gasteiger partial charge in [0.05, 0.1) is 12.5 Å². The van der Waals surface area contributed by atoms with Crippen molar-refractivity contribution in [3.8, 4) is 0 Å². The molecule has 100 valence electrons. The van der Waals surface area contributed by atoms with Gasteiger partial charge in [-0.1, -0.05) is 30.3 Å². The van der Waals surface area contributed by atoms with Gasteiger partial charge in [-0.15, -0.1) is 0 Å². The van der Waals surface area contributed by atoms with Crippen LogP contribution in [0.4, 0.5) is 0 Å². The largest absolute Gasteiger partial charge is 0.341 e. The molecule has 0 saturated heterocycles. The minimum atomic E-state index is -0.0465. The van der Waals surface area contributed by atoms with Crippen LogP contribution in [-0.4, -0.2) is 33.9 Å². The standard InChI is InChI=1S/C14H18N4O/c15-7-4-8-18(10-12-5-2-1-3-6-12)14(19)13-9-16-11-17-13/h1-3,5-6,9,11H,4,7-8,10,15H2,(H,16,17). The maximum atomic E-state index is 12.3. The number of benzene rings is 1. The molecule has 5 heteroatoms. The highest BCUT2D eigenvalue weighted by molar-refractivity contribution is 5.92. The summed E-state index contributed by atoms with van der Waals surface area (Å²) in [5.41, 5.74) is 7.14. The summed E-state index contributed by atoms with van der Waals surface area (Å²) in [6.45, 7) is 1.80. The van der Waals surface area contributed by atoms with E-state index in [1.54, 1.807) is 11.1 Å². The highest BCUT2D eigenvalue weighted by Gasteiger charge is 2.16. The van der Waals surface area contributed by atoms with E-state index in [0.29, 0.717) is 25.3 Å². The van der Waals surface area contributed by atoms with Gasteiger partial charge in [-0.05, 0) is 18.5 Å². The zero-order chi connectivity index (χ0) is 13.5. The smallest absolute Gasteiger partial charge is 0.272 e. The van der Waals surface area contributed by atoms with Gasteiger partial charge in [-0.3, -0.25) is 4.79 Å². The molecular formula is C14H18N4O. The third-order valence-corrected chi connectivity index (χ3v) is 2.86. The Morgan fingerprint density at radius 2 is 2.11 bits per heavy atom. The summed E-state index contributed by atoms with van der Waals surface area (Å²) in [6, 6.07) is 9.92.